The zero-order valence-electron chi connectivity index (χ0n) is 12.7. The Labute approximate surface area is 135 Å². The molecule has 1 aromatic rings. The number of aliphatic imine (C=N–C) groups is 3. The molecule has 0 fully saturated rings. The van der Waals surface area contributed by atoms with Crippen molar-refractivity contribution in [1.29, 1.82) is 0 Å². The maximum atomic E-state index is 3.85. The van der Waals surface area contributed by atoms with Crippen LogP contribution in [0, 0.1) is 0 Å². The molecule has 0 saturated heterocycles. The van der Waals surface area contributed by atoms with Crippen molar-refractivity contribution >= 4 is 18.6 Å². The number of hydrogen-bond acceptors (Lipinski definition) is 8. The lowest BCUT2D eigenvalue weighted by Crippen LogP contribution is -2.06. The molecule has 0 unspecified atom stereocenters. The molecule has 0 atom stereocenters. The van der Waals surface area contributed by atoms with Gasteiger partial charge in [0.1, 0.15) is 20.0 Å². The van der Waals surface area contributed by atoms with Gasteiger partial charge in [-0.05, 0) is 36.8 Å². The van der Waals surface area contributed by atoms with E-state index < -0.39 is 0 Å². The van der Waals surface area contributed by atoms with Gasteiger partial charge in [0.25, 0.3) is 0 Å². The first-order valence-corrected chi connectivity index (χ1v) is 6.95. The summed E-state index contributed by atoms with van der Waals surface area (Å²) in [6, 6.07) is 0. The van der Waals surface area contributed by atoms with E-state index in [1.54, 1.807) is 31.0 Å². The van der Waals surface area contributed by atoms with Crippen LogP contribution in [-0.4, -0.2) is 54.1 Å². The van der Waals surface area contributed by atoms with E-state index in [4.69, 9.17) is 0 Å². The molecule has 1 aromatic heterocycles. The molecule has 3 aliphatic heterocycles. The van der Waals surface area contributed by atoms with Crippen LogP contribution < -0.4 is 16.0 Å². The third-order valence-corrected chi connectivity index (χ3v) is 2.10. The van der Waals surface area contributed by atoms with Crippen molar-refractivity contribution in [2.75, 3.05) is 20.0 Å². The largest absolute Gasteiger partial charge is 0.372 e. The molecule has 0 aliphatic carbocycles. The van der Waals surface area contributed by atoms with E-state index in [2.05, 4.69) is 46.3 Å². The van der Waals surface area contributed by atoms with Crippen LogP contribution in [0.1, 0.15) is 0 Å². The van der Waals surface area contributed by atoms with E-state index in [0.717, 1.165) is 20.0 Å². The Morgan fingerprint density at radius 2 is 1.13 bits per heavy atom. The fourth-order valence-electron chi connectivity index (χ4n) is 1.16. The van der Waals surface area contributed by atoms with Crippen molar-refractivity contribution < 1.29 is 0 Å². The summed E-state index contributed by atoms with van der Waals surface area (Å²) in [5.74, 6) is 0. The summed E-state index contributed by atoms with van der Waals surface area (Å²) >= 11 is 0. The first-order chi connectivity index (χ1) is 11.5. The summed E-state index contributed by atoms with van der Waals surface area (Å²) in [5.41, 5.74) is 0. The van der Waals surface area contributed by atoms with E-state index in [1.165, 1.54) is 0 Å². The second-order valence-corrected chi connectivity index (χ2v) is 3.82. The predicted octanol–water partition coefficient (Wildman–Crippen LogP) is 0.200. The van der Waals surface area contributed by atoms with Crippen molar-refractivity contribution in [2.24, 2.45) is 15.0 Å². The van der Waals surface area contributed by atoms with E-state index in [1.807, 2.05) is 36.8 Å². The molecule has 0 amide bonds. The van der Waals surface area contributed by atoms with E-state index in [9.17, 15) is 0 Å². The van der Waals surface area contributed by atoms with Gasteiger partial charge in [-0.15, -0.1) is 5.10 Å². The molecular weight excluding hydrogens is 294 g/mol. The molecule has 122 valence electrons. The highest BCUT2D eigenvalue weighted by atomic mass is 15.3. The minimum absolute atomic E-state index is 0.733. The van der Waals surface area contributed by atoms with Gasteiger partial charge < -0.3 is 16.0 Å². The molecule has 9 heteroatoms. The van der Waals surface area contributed by atoms with Crippen LogP contribution in [0.3, 0.4) is 0 Å². The van der Waals surface area contributed by atoms with Gasteiger partial charge in [-0.1, -0.05) is 5.21 Å². The molecule has 4 rings (SSSR count). The summed E-state index contributed by atoms with van der Waals surface area (Å²) < 4.78 is 0. The van der Waals surface area contributed by atoms with Gasteiger partial charge in [0, 0.05) is 24.8 Å². The first kappa shape index (κ1) is 17.8. The third-order valence-electron chi connectivity index (χ3n) is 2.10. The molecule has 9 nitrogen and oxygen atoms in total. The Bertz CT molecular complexity index is 416. The van der Waals surface area contributed by atoms with Gasteiger partial charge in [-0.25, -0.2) is 0 Å². The zero-order valence-corrected chi connectivity index (χ0v) is 12.7. The number of aromatic amines is 1. The smallest absolute Gasteiger partial charge is 0.107 e. The van der Waals surface area contributed by atoms with Crippen molar-refractivity contribution in [3.63, 3.8) is 0 Å². The molecule has 4 N–H and O–H groups in total. The quantitative estimate of drug-likeness (QED) is 0.546. The standard InChI is InChI=1S/3C4H6N2.C2H3N3/c3*1-2-5-4-6-3-1;1-2-4-5-3-1/h3*1-3,5H,4H2;1-2H,(H,3,4,5). The predicted molar refractivity (Wildman–Crippen MR) is 93.3 cm³/mol. The highest BCUT2D eigenvalue weighted by molar-refractivity contribution is 5.72. The number of aromatic nitrogens is 3. The molecule has 0 bridgehead atoms. The van der Waals surface area contributed by atoms with Crippen molar-refractivity contribution in [2.45, 2.75) is 0 Å². The van der Waals surface area contributed by atoms with Crippen molar-refractivity contribution in [3.8, 4) is 0 Å². The summed E-state index contributed by atoms with van der Waals surface area (Å²) in [4.78, 5) is 11.6. The van der Waals surface area contributed by atoms with E-state index >= 15 is 0 Å². The molecular formula is C14H21N9. The molecule has 0 radical (unpaired) electrons. The SMILES string of the molecule is C1=CNCN=C1.C1=CNCN=C1.C1=CNCN=C1.c1c[nH]nn1. The van der Waals surface area contributed by atoms with Crippen molar-refractivity contribution in [3.05, 3.63) is 49.2 Å². The number of nitrogens with one attached hydrogen (secondary N) is 4. The Morgan fingerprint density at radius 1 is 0.652 bits per heavy atom. The van der Waals surface area contributed by atoms with Gasteiger partial charge >= 0.3 is 0 Å². The van der Waals surface area contributed by atoms with Crippen LogP contribution in [0.15, 0.2) is 64.2 Å². The molecule has 23 heavy (non-hydrogen) atoms. The van der Waals surface area contributed by atoms with Crippen LogP contribution in [0.2, 0.25) is 0 Å². The van der Waals surface area contributed by atoms with Crippen LogP contribution in [0.5, 0.6) is 0 Å². The van der Waals surface area contributed by atoms with Gasteiger partial charge in [0.05, 0.1) is 6.20 Å². The lowest BCUT2D eigenvalue weighted by molar-refractivity contribution is 0.879. The number of hydrogen-bond donors (Lipinski definition) is 4. The molecule has 4 heterocycles. The average Bonchev–Trinajstić information content (AvgIpc) is 3.27. The number of H-pyrrole nitrogens is 1. The van der Waals surface area contributed by atoms with Crippen LogP contribution in [0.25, 0.3) is 0 Å². The lowest BCUT2D eigenvalue weighted by Gasteiger charge is -1.94. The lowest BCUT2D eigenvalue weighted by atomic mass is 10.6. The summed E-state index contributed by atoms with van der Waals surface area (Å²) in [6.45, 7) is 2.20. The van der Waals surface area contributed by atoms with Gasteiger partial charge in [-0.3, -0.25) is 20.1 Å². The van der Waals surface area contributed by atoms with Gasteiger partial charge in [0.2, 0.25) is 0 Å². The third kappa shape index (κ3) is 13.5. The molecule has 0 spiro atoms. The van der Waals surface area contributed by atoms with Crippen LogP contribution in [0.4, 0.5) is 0 Å². The summed E-state index contributed by atoms with van der Waals surface area (Å²) in [5, 5.41) is 18.0. The number of nitrogens with zero attached hydrogens (tertiary/aromatic N) is 5. The van der Waals surface area contributed by atoms with Crippen molar-refractivity contribution in [1.82, 2.24) is 31.4 Å². The Balaban J connectivity index is 0.000000154. The molecule has 0 saturated carbocycles. The van der Waals surface area contributed by atoms with Gasteiger partial charge in [-0.2, -0.15) is 0 Å². The summed E-state index contributed by atoms with van der Waals surface area (Å²) in [6.07, 6.45) is 19.8. The second-order valence-electron chi connectivity index (χ2n) is 3.82. The molecule has 3 aliphatic rings. The fraction of sp³-hybridized carbons (Fsp3) is 0.214. The van der Waals surface area contributed by atoms with E-state index in [0.29, 0.717) is 0 Å². The van der Waals surface area contributed by atoms with E-state index in [-0.39, 0.29) is 0 Å². The maximum absolute atomic E-state index is 3.85. The number of allylic oxidation sites excluding steroid dienone is 3. The first-order valence-electron chi connectivity index (χ1n) is 6.95. The second kappa shape index (κ2) is 15.2. The maximum Gasteiger partial charge on any atom is 0.107 e. The Hall–Kier alpha value is -3.23. The normalized spacial score (nSPS) is 15.3. The highest BCUT2D eigenvalue weighted by Gasteiger charge is 1.75. The van der Waals surface area contributed by atoms with Crippen LogP contribution >= 0.6 is 0 Å². The Kier molecular flexibility index (Phi) is 11.7. The number of rotatable bonds is 0. The van der Waals surface area contributed by atoms with Gasteiger partial charge in [0.15, 0.2) is 0 Å². The fourth-order valence-corrected chi connectivity index (χ4v) is 1.16. The Morgan fingerprint density at radius 3 is 1.22 bits per heavy atom. The monoisotopic (exact) mass is 315 g/mol. The zero-order chi connectivity index (χ0) is 16.3. The summed E-state index contributed by atoms with van der Waals surface area (Å²) in [7, 11) is 0. The molecule has 0 aromatic carbocycles. The average molecular weight is 315 g/mol. The topological polar surface area (TPSA) is 115 Å². The van der Waals surface area contributed by atoms with Crippen LogP contribution in [-0.2, 0) is 0 Å². The minimum Gasteiger partial charge on any atom is -0.372 e. The highest BCUT2D eigenvalue weighted by Crippen LogP contribution is 1.72. The minimum atomic E-state index is 0.733.